The molecule has 0 aromatic carbocycles. The smallest absolute Gasteiger partial charge is 0.271 e. The Kier molecular flexibility index (Phi) is 11.8. The van der Waals surface area contributed by atoms with E-state index in [1.54, 1.807) is 19.1 Å². The van der Waals surface area contributed by atoms with Crippen molar-refractivity contribution >= 4 is 24.0 Å². The van der Waals surface area contributed by atoms with Crippen LogP contribution >= 0.6 is 0 Å². The van der Waals surface area contributed by atoms with E-state index in [2.05, 4.69) is 22.2 Å². The molecule has 2 N–H and O–H groups in total. The molecule has 1 unspecified atom stereocenters. The number of hydrogen-bond donors (Lipinski definition) is 2. The average molecular weight is 478 g/mol. The Morgan fingerprint density at radius 3 is 2.47 bits per heavy atom. The molecule has 2 aliphatic rings. The van der Waals surface area contributed by atoms with Gasteiger partial charge in [-0.05, 0) is 24.5 Å². The van der Waals surface area contributed by atoms with Crippen molar-refractivity contribution < 1.29 is 24.3 Å². The second-order valence-corrected chi connectivity index (χ2v) is 8.95. The van der Waals surface area contributed by atoms with Crippen LogP contribution in [-0.2, 0) is 14.3 Å². The standard InChI is InChI=1S/C18H27N5O5.C6H12/c1-3-6-23(18(26)14(2)12-22(27)13-24)20-17(25)15-4-5-16(19-11-15)21-7-9-28-10-8-21;1-6-4-2-3-5-6/h4-5,11,13-14,27H,3,6-10,12H2,1-2H3,(H,20,25);6H,2-5H2,1H3. The number of ether oxygens (including phenoxy) is 1. The van der Waals surface area contributed by atoms with E-state index in [0.29, 0.717) is 36.8 Å². The predicted octanol–water partition coefficient (Wildman–Crippen LogP) is 2.48. The second-order valence-electron chi connectivity index (χ2n) is 8.95. The van der Waals surface area contributed by atoms with Crippen LogP contribution < -0.4 is 10.3 Å². The number of hydroxylamine groups is 2. The molecule has 1 atom stereocenters. The van der Waals surface area contributed by atoms with Crippen LogP contribution in [0.4, 0.5) is 5.82 Å². The number of carbonyl (C=O) groups excluding carboxylic acids is 3. The molecule has 10 heteroatoms. The monoisotopic (exact) mass is 477 g/mol. The molecule has 2 heterocycles. The van der Waals surface area contributed by atoms with Gasteiger partial charge in [-0.2, -0.15) is 0 Å². The molecule has 0 bridgehead atoms. The number of aromatic nitrogens is 1. The lowest BCUT2D eigenvalue weighted by molar-refractivity contribution is -0.156. The van der Waals surface area contributed by atoms with Crippen LogP contribution in [0.2, 0.25) is 0 Å². The second kappa shape index (κ2) is 14.5. The van der Waals surface area contributed by atoms with Gasteiger partial charge in [0.2, 0.25) is 12.3 Å². The number of nitrogens with one attached hydrogen (secondary N) is 1. The first kappa shape index (κ1) is 27.5. The number of rotatable bonds is 8. The summed E-state index contributed by atoms with van der Waals surface area (Å²) < 4.78 is 5.31. The maximum Gasteiger partial charge on any atom is 0.271 e. The summed E-state index contributed by atoms with van der Waals surface area (Å²) in [5, 5.41) is 10.9. The van der Waals surface area contributed by atoms with Gasteiger partial charge in [-0.3, -0.25) is 30.0 Å². The minimum absolute atomic E-state index is 0.159. The van der Waals surface area contributed by atoms with Gasteiger partial charge in [0.15, 0.2) is 0 Å². The zero-order valence-corrected chi connectivity index (χ0v) is 20.6. The zero-order chi connectivity index (χ0) is 24.9. The largest absolute Gasteiger partial charge is 0.378 e. The molecule has 1 aliphatic carbocycles. The number of nitrogens with zero attached hydrogens (tertiary/aromatic N) is 4. The topological polar surface area (TPSA) is 115 Å². The van der Waals surface area contributed by atoms with E-state index in [4.69, 9.17) is 4.74 Å². The normalized spacial score (nSPS) is 16.8. The van der Waals surface area contributed by atoms with E-state index in [0.717, 1.165) is 24.8 Å². The zero-order valence-electron chi connectivity index (χ0n) is 20.6. The minimum atomic E-state index is -0.677. The van der Waals surface area contributed by atoms with Gasteiger partial charge in [-0.1, -0.05) is 46.5 Å². The summed E-state index contributed by atoms with van der Waals surface area (Å²) in [6.07, 6.45) is 8.28. The summed E-state index contributed by atoms with van der Waals surface area (Å²) in [5.41, 5.74) is 2.92. The number of amides is 3. The van der Waals surface area contributed by atoms with E-state index >= 15 is 0 Å². The summed E-state index contributed by atoms with van der Waals surface area (Å²) >= 11 is 0. The third kappa shape index (κ3) is 8.90. The number of morpholine rings is 1. The van der Waals surface area contributed by atoms with Gasteiger partial charge >= 0.3 is 0 Å². The van der Waals surface area contributed by atoms with Crippen molar-refractivity contribution in [3.63, 3.8) is 0 Å². The first-order valence-electron chi connectivity index (χ1n) is 12.2. The predicted molar refractivity (Wildman–Crippen MR) is 128 cm³/mol. The van der Waals surface area contributed by atoms with Gasteiger partial charge in [0.05, 0.1) is 31.2 Å². The van der Waals surface area contributed by atoms with Crippen LogP contribution in [0.15, 0.2) is 18.3 Å². The van der Waals surface area contributed by atoms with E-state index in [1.165, 1.54) is 36.9 Å². The van der Waals surface area contributed by atoms with Crippen molar-refractivity contribution in [2.24, 2.45) is 11.8 Å². The summed E-state index contributed by atoms with van der Waals surface area (Å²) in [5.74, 6) is 0.293. The van der Waals surface area contributed by atoms with Gasteiger partial charge in [-0.25, -0.2) is 10.0 Å². The van der Waals surface area contributed by atoms with Crippen LogP contribution in [0.1, 0.15) is 63.2 Å². The van der Waals surface area contributed by atoms with Crippen LogP contribution in [0, 0.1) is 11.8 Å². The number of carbonyl (C=O) groups is 3. The lowest BCUT2D eigenvalue weighted by atomic mass is 10.1. The molecule has 1 aromatic rings. The molecule has 10 nitrogen and oxygen atoms in total. The van der Waals surface area contributed by atoms with Crippen LogP contribution in [0.3, 0.4) is 0 Å². The Balaban J connectivity index is 0.000000589. The molecule has 34 heavy (non-hydrogen) atoms. The average Bonchev–Trinajstić information content (AvgIpc) is 3.35. The van der Waals surface area contributed by atoms with Gasteiger partial charge in [-0.15, -0.1) is 0 Å². The van der Waals surface area contributed by atoms with E-state index in [-0.39, 0.29) is 13.0 Å². The molecule has 0 radical (unpaired) electrons. The van der Waals surface area contributed by atoms with Crippen LogP contribution in [-0.4, -0.2) is 77.9 Å². The fourth-order valence-corrected chi connectivity index (χ4v) is 3.93. The highest BCUT2D eigenvalue weighted by molar-refractivity contribution is 5.95. The molecule has 0 spiro atoms. The Morgan fingerprint density at radius 1 is 1.29 bits per heavy atom. The maximum atomic E-state index is 12.5. The van der Waals surface area contributed by atoms with Crippen LogP contribution in [0.25, 0.3) is 0 Å². The number of hydrazine groups is 1. The first-order valence-corrected chi connectivity index (χ1v) is 12.2. The Morgan fingerprint density at radius 2 is 1.97 bits per heavy atom. The minimum Gasteiger partial charge on any atom is -0.378 e. The number of anilines is 1. The van der Waals surface area contributed by atoms with Gasteiger partial charge in [0.25, 0.3) is 5.91 Å². The van der Waals surface area contributed by atoms with Gasteiger partial charge < -0.3 is 9.64 Å². The quantitative estimate of drug-likeness (QED) is 0.336. The van der Waals surface area contributed by atoms with Gasteiger partial charge in [0, 0.05) is 25.8 Å². The van der Waals surface area contributed by atoms with Crippen molar-refractivity contribution in [3.05, 3.63) is 23.9 Å². The van der Waals surface area contributed by atoms with Crippen molar-refractivity contribution in [2.75, 3.05) is 44.3 Å². The molecule has 1 aliphatic heterocycles. The molecule has 1 saturated carbocycles. The molecular formula is C24H39N5O5. The molecular weight excluding hydrogens is 438 g/mol. The van der Waals surface area contributed by atoms with Crippen molar-refractivity contribution in [2.45, 2.75) is 52.9 Å². The third-order valence-corrected chi connectivity index (χ3v) is 5.94. The third-order valence-electron chi connectivity index (χ3n) is 5.94. The van der Waals surface area contributed by atoms with Crippen LogP contribution in [0.5, 0.6) is 0 Å². The van der Waals surface area contributed by atoms with E-state index in [9.17, 15) is 19.6 Å². The Labute approximate surface area is 202 Å². The fraction of sp³-hybridized carbons (Fsp3) is 0.667. The van der Waals surface area contributed by atoms with Gasteiger partial charge in [0.1, 0.15) is 5.82 Å². The molecule has 3 amide bonds. The first-order chi connectivity index (χ1) is 16.3. The maximum absolute atomic E-state index is 12.5. The lowest BCUT2D eigenvalue weighted by Gasteiger charge is -2.28. The number of hydrogen-bond acceptors (Lipinski definition) is 7. The van der Waals surface area contributed by atoms with E-state index in [1.807, 2.05) is 6.92 Å². The Bertz CT molecular complexity index is 764. The highest BCUT2D eigenvalue weighted by Crippen LogP contribution is 2.23. The highest BCUT2D eigenvalue weighted by Gasteiger charge is 2.24. The molecule has 1 saturated heterocycles. The molecule has 1 aromatic heterocycles. The van der Waals surface area contributed by atoms with Crippen molar-refractivity contribution in [1.29, 1.82) is 0 Å². The highest BCUT2D eigenvalue weighted by atomic mass is 16.5. The Hall–Kier alpha value is -2.72. The van der Waals surface area contributed by atoms with E-state index < -0.39 is 17.7 Å². The van der Waals surface area contributed by atoms with Crippen molar-refractivity contribution in [1.82, 2.24) is 20.5 Å². The number of pyridine rings is 1. The summed E-state index contributed by atoms with van der Waals surface area (Å²) in [4.78, 5) is 42.0. The lowest BCUT2D eigenvalue weighted by Crippen LogP contribution is -2.50. The fourth-order valence-electron chi connectivity index (χ4n) is 3.93. The summed E-state index contributed by atoms with van der Waals surface area (Å²) in [6.45, 7) is 8.72. The molecule has 3 rings (SSSR count). The summed E-state index contributed by atoms with van der Waals surface area (Å²) in [6, 6.07) is 3.43. The summed E-state index contributed by atoms with van der Waals surface area (Å²) in [7, 11) is 0. The SMILES string of the molecule is CC1CCCC1.CCCN(NC(=O)c1ccc(N2CCOCC2)nc1)C(=O)C(C)CN(O)C=O. The van der Waals surface area contributed by atoms with Crippen molar-refractivity contribution in [3.8, 4) is 0 Å². The molecule has 190 valence electrons. The molecule has 2 fully saturated rings.